The van der Waals surface area contributed by atoms with Gasteiger partial charge in [0.15, 0.2) is 6.10 Å². The van der Waals surface area contributed by atoms with Crippen molar-refractivity contribution in [2.24, 2.45) is 0 Å². The lowest BCUT2D eigenvalue weighted by molar-refractivity contribution is -0.220. The van der Waals surface area contributed by atoms with E-state index >= 15 is 0 Å². The van der Waals surface area contributed by atoms with E-state index in [9.17, 15) is 44.6 Å². The highest BCUT2D eigenvalue weighted by molar-refractivity contribution is 7.47. The molecule has 1 rings (SSSR count). The van der Waals surface area contributed by atoms with Crippen LogP contribution < -0.4 is 0 Å². The summed E-state index contributed by atoms with van der Waals surface area (Å²) in [6, 6.07) is 0. The minimum absolute atomic E-state index is 0.0744. The molecular formula is C49H83O13P. The van der Waals surface area contributed by atoms with Crippen LogP contribution >= 0.6 is 7.82 Å². The molecule has 362 valence electrons. The zero-order valence-electron chi connectivity index (χ0n) is 38.3. The van der Waals surface area contributed by atoms with Crippen LogP contribution in [-0.2, 0) is 32.7 Å². The fourth-order valence-electron chi connectivity index (χ4n) is 6.72. The van der Waals surface area contributed by atoms with Gasteiger partial charge in [-0.05, 0) is 83.5 Å². The van der Waals surface area contributed by atoms with Crippen LogP contribution in [0, 0.1) is 0 Å². The van der Waals surface area contributed by atoms with E-state index in [0.717, 1.165) is 109 Å². The van der Waals surface area contributed by atoms with Crippen molar-refractivity contribution in [2.45, 2.75) is 211 Å². The van der Waals surface area contributed by atoms with Gasteiger partial charge in [-0.3, -0.25) is 18.6 Å². The molecule has 0 bridgehead atoms. The van der Waals surface area contributed by atoms with Crippen molar-refractivity contribution < 1.29 is 63.1 Å². The predicted octanol–water partition coefficient (Wildman–Crippen LogP) is 9.50. The van der Waals surface area contributed by atoms with Crippen LogP contribution in [0.25, 0.3) is 0 Å². The molecule has 63 heavy (non-hydrogen) atoms. The Morgan fingerprint density at radius 2 is 0.905 bits per heavy atom. The summed E-state index contributed by atoms with van der Waals surface area (Å²) in [5, 5.41) is 50.2. The monoisotopic (exact) mass is 911 g/mol. The third-order valence-electron chi connectivity index (χ3n) is 10.5. The number of aliphatic hydroxyl groups excluding tert-OH is 5. The predicted molar refractivity (Wildman–Crippen MR) is 249 cm³/mol. The molecule has 14 heteroatoms. The fourth-order valence-corrected chi connectivity index (χ4v) is 7.69. The Bertz CT molecular complexity index is 1380. The molecule has 1 saturated carbocycles. The Kier molecular flexibility index (Phi) is 35.7. The minimum atomic E-state index is -5.13. The Morgan fingerprint density at radius 3 is 1.38 bits per heavy atom. The SMILES string of the molecule is CC/C=C\C/C=C\C/C=C\CCCCCCCC(=O)OC[C@H](COP(=O)(O)OC1C(O)C(O)C(O)[C@@H](O)C1O)OC(=O)CCCCCCCC/C=C\C/C=C\C/C=C\CCCCC. The zero-order valence-corrected chi connectivity index (χ0v) is 39.2. The van der Waals surface area contributed by atoms with E-state index in [1.54, 1.807) is 0 Å². The summed E-state index contributed by atoms with van der Waals surface area (Å²) < 4.78 is 33.5. The quantitative estimate of drug-likeness (QED) is 0.0148. The van der Waals surface area contributed by atoms with Crippen LogP contribution in [0.2, 0.25) is 0 Å². The van der Waals surface area contributed by atoms with Gasteiger partial charge in [-0.2, -0.15) is 0 Å². The summed E-state index contributed by atoms with van der Waals surface area (Å²) in [6.07, 6.45) is 35.2. The third kappa shape index (κ3) is 31.0. The lowest BCUT2D eigenvalue weighted by Crippen LogP contribution is -2.64. The molecule has 0 aromatic rings. The van der Waals surface area contributed by atoms with Crippen molar-refractivity contribution in [3.63, 3.8) is 0 Å². The van der Waals surface area contributed by atoms with Gasteiger partial charge < -0.3 is 39.9 Å². The van der Waals surface area contributed by atoms with Gasteiger partial charge >= 0.3 is 19.8 Å². The Morgan fingerprint density at radius 1 is 0.508 bits per heavy atom. The highest BCUT2D eigenvalue weighted by atomic mass is 31.2. The number of rotatable bonds is 38. The standard InChI is InChI=1S/C49H83O13P/c1-3-5-7-9-11-13-15-17-19-20-21-22-24-26-28-30-32-34-36-38-43(51)61-41(40-60-63(57,58)62-49-47(55)45(53)44(52)46(54)48(49)56)39-59-42(50)37-35-33-31-29-27-25-23-18-16-14-12-10-8-6-4-2/h6,8,11-14,17-19,21-23,41,44-49,52-56H,3-5,7,9-10,15-16,20,24-40H2,1-2H3,(H,57,58)/b8-6-,13-11-,14-12-,19-17-,22-21-,23-18-/t41-,44?,45-,46?,47?,48?,49?/m1/s1. The second-order valence-electron chi connectivity index (χ2n) is 16.2. The molecule has 0 aliphatic heterocycles. The van der Waals surface area contributed by atoms with Crippen molar-refractivity contribution in [3.05, 3.63) is 72.9 Å². The molecule has 0 heterocycles. The van der Waals surface area contributed by atoms with Crippen molar-refractivity contribution in [2.75, 3.05) is 13.2 Å². The summed E-state index contributed by atoms with van der Waals surface area (Å²) in [5.41, 5.74) is 0. The molecule has 13 nitrogen and oxygen atoms in total. The Labute approximate surface area is 378 Å². The Hall–Kier alpha value is -2.71. The van der Waals surface area contributed by atoms with Crippen molar-refractivity contribution in [1.82, 2.24) is 0 Å². The first kappa shape index (κ1) is 58.3. The largest absolute Gasteiger partial charge is 0.472 e. The number of esters is 2. The number of unbranched alkanes of at least 4 members (excludes halogenated alkanes) is 14. The van der Waals surface area contributed by atoms with Gasteiger partial charge in [0.1, 0.15) is 43.2 Å². The molecule has 1 aliphatic carbocycles. The van der Waals surface area contributed by atoms with Gasteiger partial charge in [-0.1, -0.05) is 145 Å². The molecule has 0 aromatic carbocycles. The van der Waals surface area contributed by atoms with E-state index in [0.29, 0.717) is 12.8 Å². The molecule has 6 unspecified atom stereocenters. The Balaban J connectivity index is 2.47. The van der Waals surface area contributed by atoms with E-state index in [1.807, 2.05) is 0 Å². The number of allylic oxidation sites excluding steroid dienone is 12. The molecule has 0 aromatic heterocycles. The molecule has 0 saturated heterocycles. The van der Waals surface area contributed by atoms with Crippen molar-refractivity contribution in [3.8, 4) is 0 Å². The molecule has 1 fully saturated rings. The van der Waals surface area contributed by atoms with Crippen molar-refractivity contribution >= 4 is 19.8 Å². The third-order valence-corrected chi connectivity index (χ3v) is 11.5. The fraction of sp³-hybridized carbons (Fsp3) is 0.714. The smallest absolute Gasteiger partial charge is 0.462 e. The highest BCUT2D eigenvalue weighted by Gasteiger charge is 2.51. The lowest BCUT2D eigenvalue weighted by atomic mass is 9.85. The molecule has 0 amide bonds. The molecule has 0 spiro atoms. The van der Waals surface area contributed by atoms with Crippen LogP contribution in [0.3, 0.4) is 0 Å². The summed E-state index contributed by atoms with van der Waals surface area (Å²) in [4.78, 5) is 35.7. The number of phosphoric acid groups is 1. The molecule has 0 radical (unpaired) electrons. The van der Waals surface area contributed by atoms with Gasteiger partial charge in [0.25, 0.3) is 0 Å². The van der Waals surface area contributed by atoms with E-state index in [2.05, 4.69) is 86.8 Å². The molecular weight excluding hydrogens is 827 g/mol. The number of hydrogen-bond acceptors (Lipinski definition) is 12. The maximum Gasteiger partial charge on any atom is 0.472 e. The normalized spacial score (nSPS) is 22.3. The second-order valence-corrected chi connectivity index (χ2v) is 17.6. The van der Waals surface area contributed by atoms with Crippen LogP contribution in [0.1, 0.15) is 168 Å². The van der Waals surface area contributed by atoms with Gasteiger partial charge in [-0.15, -0.1) is 0 Å². The second kappa shape index (κ2) is 38.5. The number of ether oxygens (including phenoxy) is 2. The average molecular weight is 911 g/mol. The van der Waals surface area contributed by atoms with E-state index in [4.69, 9.17) is 18.5 Å². The lowest BCUT2D eigenvalue weighted by Gasteiger charge is -2.41. The number of aliphatic hydroxyl groups is 5. The van der Waals surface area contributed by atoms with E-state index in [-0.39, 0.29) is 12.8 Å². The van der Waals surface area contributed by atoms with Crippen LogP contribution in [0.15, 0.2) is 72.9 Å². The minimum Gasteiger partial charge on any atom is -0.462 e. The summed E-state index contributed by atoms with van der Waals surface area (Å²) >= 11 is 0. The van der Waals surface area contributed by atoms with Crippen LogP contribution in [0.4, 0.5) is 0 Å². The van der Waals surface area contributed by atoms with Crippen molar-refractivity contribution in [1.29, 1.82) is 0 Å². The maximum atomic E-state index is 12.8. The number of phosphoric ester groups is 1. The first-order valence-corrected chi connectivity index (χ1v) is 25.2. The summed E-state index contributed by atoms with van der Waals surface area (Å²) in [6.45, 7) is 3.13. The zero-order chi connectivity index (χ0) is 46.4. The van der Waals surface area contributed by atoms with Gasteiger partial charge in [0.05, 0.1) is 6.61 Å². The number of carbonyl (C=O) groups excluding carboxylic acids is 2. The summed E-state index contributed by atoms with van der Waals surface area (Å²) in [7, 11) is -5.13. The highest BCUT2D eigenvalue weighted by Crippen LogP contribution is 2.47. The summed E-state index contributed by atoms with van der Waals surface area (Å²) in [5.74, 6) is -1.14. The van der Waals surface area contributed by atoms with Gasteiger partial charge in [0, 0.05) is 12.8 Å². The van der Waals surface area contributed by atoms with Crippen LogP contribution in [0.5, 0.6) is 0 Å². The number of carbonyl (C=O) groups is 2. The topological polar surface area (TPSA) is 210 Å². The first-order valence-electron chi connectivity index (χ1n) is 23.7. The first-order chi connectivity index (χ1) is 30.4. The molecule has 1 aliphatic rings. The van der Waals surface area contributed by atoms with E-state index < -0.39 is 75.7 Å². The maximum absolute atomic E-state index is 12.8. The average Bonchev–Trinajstić information content (AvgIpc) is 3.26. The van der Waals surface area contributed by atoms with Gasteiger partial charge in [0.2, 0.25) is 0 Å². The number of hydrogen-bond donors (Lipinski definition) is 6. The van der Waals surface area contributed by atoms with Gasteiger partial charge in [-0.25, -0.2) is 4.57 Å². The van der Waals surface area contributed by atoms with Crippen LogP contribution in [-0.4, -0.2) is 98.3 Å². The molecule has 6 N–H and O–H groups in total. The molecule has 8 atom stereocenters. The van der Waals surface area contributed by atoms with E-state index in [1.165, 1.54) is 19.3 Å².